The molecule has 0 radical (unpaired) electrons. The highest BCUT2D eigenvalue weighted by Gasteiger charge is 2.39. The summed E-state index contributed by atoms with van der Waals surface area (Å²) in [6.45, 7) is 14.4. The lowest BCUT2D eigenvalue weighted by molar-refractivity contribution is -0.120. The molecule has 2 saturated carbocycles. The van der Waals surface area contributed by atoms with E-state index in [0.29, 0.717) is 48.4 Å². The van der Waals surface area contributed by atoms with Crippen molar-refractivity contribution in [3.8, 4) is 5.75 Å². The van der Waals surface area contributed by atoms with E-state index in [0.717, 1.165) is 41.5 Å². The van der Waals surface area contributed by atoms with Crippen LogP contribution < -0.4 is 14.5 Å². The number of rotatable bonds is 11. The number of aromatic nitrogens is 2. The van der Waals surface area contributed by atoms with Gasteiger partial charge in [0.2, 0.25) is 5.91 Å². The van der Waals surface area contributed by atoms with Crippen LogP contribution >= 0.6 is 0 Å². The van der Waals surface area contributed by atoms with Crippen LogP contribution in [0.2, 0.25) is 0 Å². The van der Waals surface area contributed by atoms with E-state index in [1.165, 1.54) is 58.4 Å². The maximum atomic E-state index is 13.5. The molecule has 4 aliphatic rings. The van der Waals surface area contributed by atoms with Crippen molar-refractivity contribution in [3.63, 3.8) is 0 Å². The number of likely N-dealkylation sites (N-methyl/N-ethyl adjacent to an activating group) is 1. The Kier molecular flexibility index (Phi) is 9.99. The number of hydrogen-bond acceptors (Lipinski definition) is 8. The van der Waals surface area contributed by atoms with E-state index in [-0.39, 0.29) is 23.8 Å². The first-order valence-corrected chi connectivity index (χ1v) is 17.8. The molecular weight excluding hydrogens is 576 g/mol. The van der Waals surface area contributed by atoms with Crippen LogP contribution in [0.25, 0.3) is 0 Å². The molecule has 1 aromatic carbocycles. The van der Waals surface area contributed by atoms with Crippen LogP contribution in [-0.4, -0.2) is 96.5 Å². The number of methoxy groups -OCH3 is 1. The molecule has 6 rings (SSSR count). The fraction of sp³-hybridized carbons (Fsp3) is 0.676. The fourth-order valence-electron chi connectivity index (χ4n) is 8.14. The molecule has 46 heavy (non-hydrogen) atoms. The molecule has 2 aliphatic heterocycles. The molecule has 1 aromatic heterocycles. The fourth-order valence-corrected chi connectivity index (χ4v) is 8.14. The number of Topliss-reactive ketones (excluding diaryl/α,β-unsaturated/α-hetero) is 1. The maximum absolute atomic E-state index is 13.5. The lowest BCUT2D eigenvalue weighted by Gasteiger charge is -2.43. The highest BCUT2D eigenvalue weighted by atomic mass is 16.5. The molecule has 0 N–H and O–H groups in total. The number of fused-ring (bicyclic) bond motifs is 1. The molecule has 0 spiro atoms. The number of carbonyl (C=O) groups is 2. The van der Waals surface area contributed by atoms with E-state index in [4.69, 9.17) is 14.7 Å². The number of hydrogen-bond donors (Lipinski definition) is 0. The summed E-state index contributed by atoms with van der Waals surface area (Å²) >= 11 is 0. The van der Waals surface area contributed by atoms with Gasteiger partial charge in [0, 0.05) is 75.8 Å². The van der Waals surface area contributed by atoms with Gasteiger partial charge in [-0.25, -0.2) is 9.97 Å². The highest BCUT2D eigenvalue weighted by molar-refractivity contribution is 6.05. The summed E-state index contributed by atoms with van der Waals surface area (Å²) in [6.07, 6.45) is 9.35. The number of amides is 1. The second-order valence-corrected chi connectivity index (χ2v) is 14.5. The van der Waals surface area contributed by atoms with Gasteiger partial charge in [0.05, 0.1) is 12.8 Å². The maximum Gasteiger partial charge on any atom is 0.249 e. The summed E-state index contributed by atoms with van der Waals surface area (Å²) in [5.74, 6) is 3.89. The van der Waals surface area contributed by atoms with Crippen LogP contribution in [-0.2, 0) is 11.2 Å². The van der Waals surface area contributed by atoms with E-state index < -0.39 is 0 Å². The minimum atomic E-state index is -0.248. The zero-order chi connectivity index (χ0) is 32.5. The van der Waals surface area contributed by atoms with Crippen LogP contribution in [0.3, 0.4) is 0 Å². The number of anilines is 2. The molecule has 1 amide bonds. The average Bonchev–Trinajstić information content (AvgIpc) is 3.87. The largest absolute Gasteiger partial charge is 0.496 e. The van der Waals surface area contributed by atoms with Crippen LogP contribution in [0, 0.1) is 18.8 Å². The molecule has 2 aromatic rings. The van der Waals surface area contributed by atoms with Crippen molar-refractivity contribution in [1.82, 2.24) is 19.8 Å². The van der Waals surface area contributed by atoms with Gasteiger partial charge in [0.1, 0.15) is 23.3 Å². The minimum Gasteiger partial charge on any atom is -0.496 e. The molecule has 3 fully saturated rings. The smallest absolute Gasteiger partial charge is 0.249 e. The van der Waals surface area contributed by atoms with Crippen LogP contribution in [0.1, 0.15) is 99.6 Å². The zero-order valence-corrected chi connectivity index (χ0v) is 28.9. The second kappa shape index (κ2) is 14.0. The number of carbonyl (C=O) groups excluding carboxylic acids is 2. The van der Waals surface area contributed by atoms with E-state index in [9.17, 15) is 9.59 Å². The Morgan fingerprint density at radius 1 is 1.00 bits per heavy atom. The Labute approximate surface area is 275 Å². The Balaban J connectivity index is 1.08. The van der Waals surface area contributed by atoms with E-state index >= 15 is 0 Å². The second-order valence-electron chi connectivity index (χ2n) is 14.5. The number of piperazine rings is 1. The zero-order valence-electron chi connectivity index (χ0n) is 28.9. The lowest BCUT2D eigenvalue weighted by atomic mass is 9.81. The molecule has 9 nitrogen and oxygen atoms in total. The molecule has 250 valence electrons. The van der Waals surface area contributed by atoms with E-state index in [2.05, 4.69) is 28.5 Å². The van der Waals surface area contributed by atoms with Crippen molar-refractivity contribution in [2.45, 2.75) is 104 Å². The summed E-state index contributed by atoms with van der Waals surface area (Å²) in [6, 6.07) is 6.39. The predicted octanol–water partition coefficient (Wildman–Crippen LogP) is 5.51. The summed E-state index contributed by atoms with van der Waals surface area (Å²) in [5.41, 5.74) is 3.22. The Bertz CT molecular complexity index is 1410. The van der Waals surface area contributed by atoms with Gasteiger partial charge in [0.15, 0.2) is 11.6 Å². The number of ketones is 1. The number of ether oxygens (including phenoxy) is 1. The standard InChI is InChI=1S/C37H54N6O3/c1-7-31-37(45)40(5)35-25(4)38-34(39-36(35)43(31)24(2)3)22-29-13-12-28(21-33(29)46-6)32(44)20-26-10-14-30(15-11-26)42-18-16-41(17-19-42)23-27-8-9-27/h12-13,21,24,26-27,30-31H,7-11,14-20,22-23H2,1-6H3/t26?,30?,31-/m1/s1. The van der Waals surface area contributed by atoms with Crippen molar-refractivity contribution < 1.29 is 14.3 Å². The van der Waals surface area contributed by atoms with Gasteiger partial charge >= 0.3 is 0 Å². The van der Waals surface area contributed by atoms with Gasteiger partial charge in [-0.15, -0.1) is 0 Å². The molecule has 2 aliphatic carbocycles. The van der Waals surface area contributed by atoms with E-state index in [1.807, 2.05) is 39.1 Å². The van der Waals surface area contributed by atoms with Gasteiger partial charge in [-0.3, -0.25) is 14.5 Å². The molecule has 1 atom stereocenters. The Morgan fingerprint density at radius 2 is 1.70 bits per heavy atom. The normalized spacial score (nSPS) is 24.4. The van der Waals surface area contributed by atoms with Crippen molar-refractivity contribution in [1.29, 1.82) is 0 Å². The first-order chi connectivity index (χ1) is 22.2. The molecule has 0 bridgehead atoms. The van der Waals surface area contributed by atoms with Crippen molar-refractivity contribution >= 4 is 23.2 Å². The number of benzene rings is 1. The third-order valence-electron chi connectivity index (χ3n) is 10.9. The summed E-state index contributed by atoms with van der Waals surface area (Å²) in [7, 11) is 3.48. The van der Waals surface area contributed by atoms with Crippen LogP contribution in [0.15, 0.2) is 18.2 Å². The van der Waals surface area contributed by atoms with Crippen molar-refractivity contribution in [2.24, 2.45) is 11.8 Å². The SMILES string of the molecule is CC[C@@H]1C(=O)N(C)c2c(C)nc(Cc3ccc(C(=O)CC4CCC(N5CCN(CC6CC6)CC5)CC4)cc3OC)nc2N1C(C)C. The molecule has 9 heteroatoms. The lowest BCUT2D eigenvalue weighted by Crippen LogP contribution is -2.55. The summed E-state index contributed by atoms with van der Waals surface area (Å²) in [5, 5.41) is 0. The third kappa shape index (κ3) is 6.96. The first kappa shape index (κ1) is 32.9. The van der Waals surface area contributed by atoms with E-state index in [1.54, 1.807) is 12.0 Å². The van der Waals surface area contributed by atoms with Gasteiger partial charge in [0.25, 0.3) is 0 Å². The molecule has 3 heterocycles. The number of nitrogens with zero attached hydrogens (tertiary/aromatic N) is 6. The van der Waals surface area contributed by atoms with Crippen LogP contribution in [0.4, 0.5) is 11.5 Å². The van der Waals surface area contributed by atoms with Crippen molar-refractivity contribution in [3.05, 3.63) is 40.8 Å². The first-order valence-electron chi connectivity index (χ1n) is 17.8. The van der Waals surface area contributed by atoms with Crippen LogP contribution in [0.5, 0.6) is 5.75 Å². The quantitative estimate of drug-likeness (QED) is 0.301. The topological polar surface area (TPSA) is 82.1 Å². The van der Waals surface area contributed by atoms with Gasteiger partial charge in [-0.1, -0.05) is 19.1 Å². The van der Waals surface area contributed by atoms with Crippen molar-refractivity contribution in [2.75, 3.05) is 56.7 Å². The monoisotopic (exact) mass is 630 g/mol. The van der Waals surface area contributed by atoms with Gasteiger partial charge < -0.3 is 19.4 Å². The number of aryl methyl sites for hydroxylation is 1. The highest BCUT2D eigenvalue weighted by Crippen LogP contribution is 2.39. The minimum absolute atomic E-state index is 0.0792. The van der Waals surface area contributed by atoms with Gasteiger partial charge in [-0.2, -0.15) is 0 Å². The molecule has 1 saturated heterocycles. The Hall–Kier alpha value is -3.04. The molecule has 0 unspecified atom stereocenters. The van der Waals surface area contributed by atoms with Gasteiger partial charge in [-0.05, 0) is 83.6 Å². The Morgan fingerprint density at radius 3 is 2.33 bits per heavy atom. The summed E-state index contributed by atoms with van der Waals surface area (Å²) in [4.78, 5) is 45.7. The summed E-state index contributed by atoms with van der Waals surface area (Å²) < 4.78 is 5.80. The third-order valence-corrected chi connectivity index (χ3v) is 10.9. The molecular formula is C37H54N6O3. The average molecular weight is 631 g/mol. The predicted molar refractivity (Wildman–Crippen MR) is 183 cm³/mol.